The molecule has 0 aliphatic heterocycles. The predicted octanol–water partition coefficient (Wildman–Crippen LogP) is 3.74. The van der Waals surface area contributed by atoms with Crippen LogP contribution < -0.4 is 11.6 Å². The van der Waals surface area contributed by atoms with Gasteiger partial charge in [-0.05, 0) is 12.8 Å². The maximum Gasteiger partial charge on any atom is 0.346 e. The SMILES string of the molecule is CCCCCCCCN(CCCCCCCC)C(N)=NCC(=O)ON. The molecule has 0 atom stereocenters. The van der Waals surface area contributed by atoms with E-state index in [2.05, 4.69) is 28.6 Å². The number of nitrogens with zero attached hydrogens (tertiary/aromatic N) is 2. The second-order valence-electron chi connectivity index (χ2n) is 6.69. The lowest BCUT2D eigenvalue weighted by molar-refractivity contribution is -0.142. The Bertz CT molecular complexity index is 332. The van der Waals surface area contributed by atoms with E-state index >= 15 is 0 Å². The van der Waals surface area contributed by atoms with Crippen LogP contribution in [-0.4, -0.2) is 36.5 Å². The first-order chi connectivity index (χ1) is 12.2. The van der Waals surface area contributed by atoms with Crippen molar-refractivity contribution in [2.24, 2.45) is 16.6 Å². The van der Waals surface area contributed by atoms with Gasteiger partial charge in [0.05, 0.1) is 0 Å². The van der Waals surface area contributed by atoms with Gasteiger partial charge in [0.15, 0.2) is 5.96 Å². The van der Waals surface area contributed by atoms with Gasteiger partial charge in [-0.2, -0.15) is 5.90 Å². The van der Waals surface area contributed by atoms with Crippen LogP contribution in [0, 0.1) is 0 Å². The Labute approximate surface area is 154 Å². The summed E-state index contributed by atoms with van der Waals surface area (Å²) >= 11 is 0. The molecule has 0 spiro atoms. The minimum atomic E-state index is -0.568. The van der Waals surface area contributed by atoms with E-state index in [1.807, 2.05) is 0 Å². The van der Waals surface area contributed by atoms with Crippen LogP contribution in [0.5, 0.6) is 0 Å². The average molecular weight is 357 g/mol. The Morgan fingerprint density at radius 3 is 1.72 bits per heavy atom. The minimum Gasteiger partial charge on any atom is -0.372 e. The molecular formula is C19H40N4O2. The smallest absolute Gasteiger partial charge is 0.346 e. The van der Waals surface area contributed by atoms with E-state index in [4.69, 9.17) is 11.6 Å². The molecule has 0 unspecified atom stereocenters. The normalized spacial score (nSPS) is 11.6. The number of hydrogen-bond acceptors (Lipinski definition) is 4. The third-order valence-electron chi connectivity index (χ3n) is 4.39. The summed E-state index contributed by atoms with van der Waals surface area (Å²) in [5.41, 5.74) is 6.07. The number of rotatable bonds is 16. The zero-order valence-electron chi connectivity index (χ0n) is 16.5. The molecule has 0 amide bonds. The predicted molar refractivity (Wildman–Crippen MR) is 105 cm³/mol. The molecule has 6 heteroatoms. The van der Waals surface area contributed by atoms with Gasteiger partial charge in [-0.15, -0.1) is 0 Å². The van der Waals surface area contributed by atoms with E-state index in [0.717, 1.165) is 25.9 Å². The number of hydrogen-bond donors (Lipinski definition) is 2. The van der Waals surface area contributed by atoms with Crippen molar-refractivity contribution < 1.29 is 9.63 Å². The van der Waals surface area contributed by atoms with Gasteiger partial charge in [0.25, 0.3) is 0 Å². The van der Waals surface area contributed by atoms with Gasteiger partial charge in [0.2, 0.25) is 0 Å². The summed E-state index contributed by atoms with van der Waals surface area (Å²) in [4.78, 5) is 21.5. The van der Waals surface area contributed by atoms with E-state index < -0.39 is 5.97 Å². The third kappa shape index (κ3) is 14.7. The van der Waals surface area contributed by atoms with Gasteiger partial charge < -0.3 is 15.5 Å². The molecular weight excluding hydrogens is 316 g/mol. The van der Waals surface area contributed by atoms with Gasteiger partial charge in [-0.1, -0.05) is 78.1 Å². The zero-order valence-corrected chi connectivity index (χ0v) is 16.5. The van der Waals surface area contributed by atoms with E-state index in [-0.39, 0.29) is 6.54 Å². The first kappa shape index (κ1) is 23.7. The van der Waals surface area contributed by atoms with Gasteiger partial charge in [-0.25, -0.2) is 9.79 Å². The van der Waals surface area contributed by atoms with Crippen LogP contribution in [0.4, 0.5) is 0 Å². The van der Waals surface area contributed by atoms with Crippen LogP contribution in [-0.2, 0) is 9.63 Å². The molecule has 0 saturated heterocycles. The molecule has 148 valence electrons. The van der Waals surface area contributed by atoms with Gasteiger partial charge in [0, 0.05) is 13.1 Å². The molecule has 0 rings (SSSR count). The quantitative estimate of drug-likeness (QED) is 0.190. The molecule has 0 aromatic carbocycles. The number of carbonyl (C=O) groups excluding carboxylic acids is 1. The van der Waals surface area contributed by atoms with Gasteiger partial charge >= 0.3 is 5.97 Å². The number of carbonyl (C=O) groups is 1. The molecule has 0 aromatic rings. The fourth-order valence-electron chi connectivity index (χ4n) is 2.79. The maximum atomic E-state index is 11.1. The van der Waals surface area contributed by atoms with Crippen molar-refractivity contribution in [2.75, 3.05) is 19.6 Å². The Balaban J connectivity index is 4.22. The lowest BCUT2D eigenvalue weighted by Crippen LogP contribution is -2.39. The van der Waals surface area contributed by atoms with Crippen molar-refractivity contribution in [1.82, 2.24) is 4.90 Å². The lowest BCUT2D eigenvalue weighted by atomic mass is 10.1. The molecule has 0 saturated carbocycles. The van der Waals surface area contributed by atoms with Crippen LogP contribution in [0.3, 0.4) is 0 Å². The fourth-order valence-corrected chi connectivity index (χ4v) is 2.79. The summed E-state index contributed by atoms with van der Waals surface area (Å²) in [6, 6.07) is 0. The van der Waals surface area contributed by atoms with Gasteiger partial charge in [-0.3, -0.25) is 0 Å². The van der Waals surface area contributed by atoms with Crippen molar-refractivity contribution in [3.8, 4) is 0 Å². The number of aliphatic imine (C=N–C) groups is 1. The minimum absolute atomic E-state index is 0.119. The summed E-state index contributed by atoms with van der Waals surface area (Å²) in [6.07, 6.45) is 15.0. The van der Waals surface area contributed by atoms with Crippen molar-refractivity contribution in [3.05, 3.63) is 0 Å². The van der Waals surface area contributed by atoms with E-state index in [9.17, 15) is 4.79 Å². The van der Waals surface area contributed by atoms with E-state index in [1.54, 1.807) is 0 Å². The summed E-state index contributed by atoms with van der Waals surface area (Å²) in [5.74, 6) is 4.69. The summed E-state index contributed by atoms with van der Waals surface area (Å²) in [7, 11) is 0. The Morgan fingerprint density at radius 2 is 1.28 bits per heavy atom. The summed E-state index contributed by atoms with van der Waals surface area (Å²) in [5, 5.41) is 0. The maximum absolute atomic E-state index is 11.1. The molecule has 0 aliphatic rings. The standard InChI is InChI=1S/C19H40N4O2/c1-3-5-7-9-11-13-15-23(16-14-12-10-8-6-4-2)19(20)22-17-18(24)25-21/h3-17,21H2,1-2H3,(H2,20,22). The Morgan fingerprint density at radius 1 is 0.840 bits per heavy atom. The molecule has 0 bridgehead atoms. The van der Waals surface area contributed by atoms with Crippen molar-refractivity contribution in [3.63, 3.8) is 0 Å². The number of nitrogens with two attached hydrogens (primary N) is 2. The summed E-state index contributed by atoms with van der Waals surface area (Å²) < 4.78 is 0. The van der Waals surface area contributed by atoms with Crippen LogP contribution in [0.2, 0.25) is 0 Å². The first-order valence-corrected chi connectivity index (χ1v) is 10.1. The van der Waals surface area contributed by atoms with Gasteiger partial charge in [0.1, 0.15) is 6.54 Å². The topological polar surface area (TPSA) is 93.9 Å². The van der Waals surface area contributed by atoms with Crippen LogP contribution >= 0.6 is 0 Å². The molecule has 0 aromatic heterocycles. The highest BCUT2D eigenvalue weighted by atomic mass is 16.7. The molecule has 0 fully saturated rings. The zero-order chi connectivity index (χ0) is 18.8. The molecule has 0 heterocycles. The highest BCUT2D eigenvalue weighted by Gasteiger charge is 2.09. The number of guanidine groups is 1. The average Bonchev–Trinajstić information content (AvgIpc) is 2.63. The Hall–Kier alpha value is -1.30. The third-order valence-corrected chi connectivity index (χ3v) is 4.39. The molecule has 0 radical (unpaired) electrons. The molecule has 25 heavy (non-hydrogen) atoms. The molecule has 4 N–H and O–H groups in total. The fraction of sp³-hybridized carbons (Fsp3) is 0.895. The Kier molecular flexibility index (Phi) is 16.6. The van der Waals surface area contributed by atoms with Crippen molar-refractivity contribution >= 4 is 11.9 Å². The lowest BCUT2D eigenvalue weighted by Gasteiger charge is -2.23. The van der Waals surface area contributed by atoms with Crippen LogP contribution in [0.25, 0.3) is 0 Å². The largest absolute Gasteiger partial charge is 0.372 e. The monoisotopic (exact) mass is 356 g/mol. The highest BCUT2D eigenvalue weighted by Crippen LogP contribution is 2.09. The second kappa shape index (κ2) is 17.5. The van der Waals surface area contributed by atoms with Crippen LogP contribution in [0.1, 0.15) is 90.9 Å². The van der Waals surface area contributed by atoms with Crippen LogP contribution in [0.15, 0.2) is 4.99 Å². The summed E-state index contributed by atoms with van der Waals surface area (Å²) in [6.45, 7) is 6.13. The molecule has 6 nitrogen and oxygen atoms in total. The van der Waals surface area contributed by atoms with E-state index in [1.165, 1.54) is 64.2 Å². The second-order valence-corrected chi connectivity index (χ2v) is 6.69. The number of unbranched alkanes of at least 4 members (excludes halogenated alkanes) is 10. The van der Waals surface area contributed by atoms with Crippen molar-refractivity contribution in [2.45, 2.75) is 90.9 Å². The first-order valence-electron chi connectivity index (χ1n) is 10.1. The highest BCUT2D eigenvalue weighted by molar-refractivity contribution is 5.81. The van der Waals surface area contributed by atoms with E-state index in [0.29, 0.717) is 5.96 Å². The molecule has 0 aliphatic carbocycles. The van der Waals surface area contributed by atoms with Crippen molar-refractivity contribution in [1.29, 1.82) is 0 Å².